The molecular weight excluding hydrogens is 172 g/mol. The molecule has 0 spiro atoms. The highest BCUT2D eigenvalue weighted by Gasteiger charge is 2.13. The van der Waals surface area contributed by atoms with Crippen molar-refractivity contribution >= 4 is 5.65 Å². The summed E-state index contributed by atoms with van der Waals surface area (Å²) in [5, 5.41) is 0. The van der Waals surface area contributed by atoms with E-state index in [2.05, 4.69) is 42.3 Å². The standard InChI is InChI=1S/C12H16N2/c1-12(2,3)9-10-5-4-7-14-8-6-13-11(10)14/h4-8H,9H2,1-3H3. The summed E-state index contributed by atoms with van der Waals surface area (Å²) in [6.07, 6.45) is 6.94. The molecule has 0 atom stereocenters. The molecule has 0 saturated carbocycles. The molecule has 0 bridgehead atoms. The smallest absolute Gasteiger partial charge is 0.139 e. The summed E-state index contributed by atoms with van der Waals surface area (Å²) in [4.78, 5) is 4.37. The van der Waals surface area contributed by atoms with E-state index in [1.807, 2.05) is 18.6 Å². The highest BCUT2D eigenvalue weighted by atomic mass is 15.0. The first-order valence-electron chi connectivity index (χ1n) is 4.97. The molecule has 0 fully saturated rings. The molecule has 2 rings (SSSR count). The maximum absolute atomic E-state index is 4.37. The van der Waals surface area contributed by atoms with Crippen molar-refractivity contribution in [2.45, 2.75) is 27.2 Å². The van der Waals surface area contributed by atoms with Crippen LogP contribution in [0.1, 0.15) is 26.3 Å². The fourth-order valence-corrected chi connectivity index (χ4v) is 1.72. The zero-order chi connectivity index (χ0) is 10.2. The first-order valence-corrected chi connectivity index (χ1v) is 4.97. The second-order valence-corrected chi connectivity index (χ2v) is 4.93. The van der Waals surface area contributed by atoms with Crippen molar-refractivity contribution in [3.05, 3.63) is 36.3 Å². The Kier molecular flexibility index (Phi) is 2.06. The van der Waals surface area contributed by atoms with Gasteiger partial charge in [0, 0.05) is 18.6 Å². The Hall–Kier alpha value is -1.31. The van der Waals surface area contributed by atoms with Gasteiger partial charge in [-0.05, 0) is 23.5 Å². The molecule has 2 nitrogen and oxygen atoms in total. The number of hydrogen-bond donors (Lipinski definition) is 0. The lowest BCUT2D eigenvalue weighted by Crippen LogP contribution is -2.10. The van der Waals surface area contributed by atoms with Crippen molar-refractivity contribution in [3.8, 4) is 0 Å². The van der Waals surface area contributed by atoms with Crippen LogP contribution in [0.4, 0.5) is 0 Å². The Morgan fingerprint density at radius 1 is 1.29 bits per heavy atom. The van der Waals surface area contributed by atoms with Crippen LogP contribution < -0.4 is 0 Å². The number of imidazole rings is 1. The molecule has 0 aliphatic heterocycles. The molecule has 0 unspecified atom stereocenters. The maximum atomic E-state index is 4.37. The summed E-state index contributed by atoms with van der Waals surface area (Å²) in [6.45, 7) is 6.75. The molecule has 2 aromatic heterocycles. The largest absolute Gasteiger partial charge is 0.307 e. The van der Waals surface area contributed by atoms with Crippen molar-refractivity contribution in [2.24, 2.45) is 5.41 Å². The molecule has 0 N–H and O–H groups in total. The van der Waals surface area contributed by atoms with Gasteiger partial charge in [-0.25, -0.2) is 4.98 Å². The van der Waals surface area contributed by atoms with Gasteiger partial charge in [-0.15, -0.1) is 0 Å². The summed E-state index contributed by atoms with van der Waals surface area (Å²) in [7, 11) is 0. The van der Waals surface area contributed by atoms with Gasteiger partial charge in [0.1, 0.15) is 5.65 Å². The lowest BCUT2D eigenvalue weighted by atomic mass is 9.88. The molecule has 2 heterocycles. The predicted molar refractivity (Wildman–Crippen MR) is 58.4 cm³/mol. The van der Waals surface area contributed by atoms with Crippen LogP contribution in [0.5, 0.6) is 0 Å². The molecule has 0 saturated heterocycles. The highest BCUT2D eigenvalue weighted by molar-refractivity contribution is 5.47. The van der Waals surface area contributed by atoms with E-state index in [0.29, 0.717) is 5.41 Å². The van der Waals surface area contributed by atoms with Gasteiger partial charge in [-0.1, -0.05) is 26.8 Å². The van der Waals surface area contributed by atoms with Crippen LogP contribution in [0.25, 0.3) is 5.65 Å². The van der Waals surface area contributed by atoms with Crippen LogP contribution in [0.15, 0.2) is 30.7 Å². The molecule has 2 aromatic rings. The summed E-state index contributed by atoms with van der Waals surface area (Å²) < 4.78 is 2.07. The van der Waals surface area contributed by atoms with Gasteiger partial charge in [0.25, 0.3) is 0 Å². The minimum atomic E-state index is 0.313. The third kappa shape index (κ3) is 1.79. The normalized spacial score (nSPS) is 12.2. The third-order valence-electron chi connectivity index (χ3n) is 2.22. The predicted octanol–water partition coefficient (Wildman–Crippen LogP) is 2.92. The number of aromatic nitrogens is 2. The number of fused-ring (bicyclic) bond motifs is 1. The topological polar surface area (TPSA) is 17.3 Å². The summed E-state index contributed by atoms with van der Waals surface area (Å²) >= 11 is 0. The highest BCUT2D eigenvalue weighted by Crippen LogP contribution is 2.22. The molecular formula is C12H16N2. The van der Waals surface area contributed by atoms with E-state index in [9.17, 15) is 0 Å². The first-order chi connectivity index (χ1) is 6.56. The van der Waals surface area contributed by atoms with E-state index in [1.54, 1.807) is 0 Å². The van der Waals surface area contributed by atoms with Gasteiger partial charge in [0.05, 0.1) is 0 Å². The number of nitrogens with zero attached hydrogens (tertiary/aromatic N) is 2. The van der Waals surface area contributed by atoms with Crippen molar-refractivity contribution in [1.82, 2.24) is 9.38 Å². The Bertz CT molecular complexity index is 435. The van der Waals surface area contributed by atoms with Crippen LogP contribution in [-0.4, -0.2) is 9.38 Å². The Labute approximate surface area is 84.6 Å². The lowest BCUT2D eigenvalue weighted by molar-refractivity contribution is 0.412. The second kappa shape index (κ2) is 3.12. The second-order valence-electron chi connectivity index (χ2n) is 4.93. The average molecular weight is 188 g/mol. The van der Waals surface area contributed by atoms with Crippen LogP contribution >= 0.6 is 0 Å². The zero-order valence-corrected chi connectivity index (χ0v) is 8.99. The summed E-state index contributed by atoms with van der Waals surface area (Å²) in [5.41, 5.74) is 2.72. The minimum absolute atomic E-state index is 0.313. The van der Waals surface area contributed by atoms with Crippen LogP contribution in [0.2, 0.25) is 0 Å². The van der Waals surface area contributed by atoms with Crippen molar-refractivity contribution in [3.63, 3.8) is 0 Å². The van der Waals surface area contributed by atoms with E-state index in [4.69, 9.17) is 0 Å². The third-order valence-corrected chi connectivity index (χ3v) is 2.22. The maximum Gasteiger partial charge on any atom is 0.139 e. The lowest BCUT2D eigenvalue weighted by Gasteiger charge is -2.18. The summed E-state index contributed by atoms with van der Waals surface area (Å²) in [6, 6.07) is 4.24. The van der Waals surface area contributed by atoms with Gasteiger partial charge < -0.3 is 4.40 Å². The molecule has 0 radical (unpaired) electrons. The first kappa shape index (κ1) is 9.25. The average Bonchev–Trinajstić information content (AvgIpc) is 2.49. The van der Waals surface area contributed by atoms with Crippen LogP contribution in [0, 0.1) is 5.41 Å². The van der Waals surface area contributed by atoms with Gasteiger partial charge >= 0.3 is 0 Å². The molecule has 0 aliphatic carbocycles. The minimum Gasteiger partial charge on any atom is -0.307 e. The molecule has 0 aliphatic rings. The Morgan fingerprint density at radius 3 is 2.79 bits per heavy atom. The van der Waals surface area contributed by atoms with E-state index in [0.717, 1.165) is 12.1 Å². The van der Waals surface area contributed by atoms with E-state index in [1.165, 1.54) is 5.56 Å². The molecule has 2 heteroatoms. The van der Waals surface area contributed by atoms with E-state index < -0.39 is 0 Å². The Morgan fingerprint density at radius 2 is 2.07 bits per heavy atom. The van der Waals surface area contributed by atoms with Gasteiger partial charge in [0.2, 0.25) is 0 Å². The monoisotopic (exact) mass is 188 g/mol. The van der Waals surface area contributed by atoms with Crippen molar-refractivity contribution in [1.29, 1.82) is 0 Å². The SMILES string of the molecule is CC(C)(C)Cc1cccn2ccnc12. The van der Waals surface area contributed by atoms with Gasteiger partial charge in [-0.2, -0.15) is 0 Å². The van der Waals surface area contributed by atoms with E-state index >= 15 is 0 Å². The number of rotatable bonds is 1. The fraction of sp³-hybridized carbons (Fsp3) is 0.417. The van der Waals surface area contributed by atoms with Crippen LogP contribution in [0.3, 0.4) is 0 Å². The van der Waals surface area contributed by atoms with Crippen molar-refractivity contribution in [2.75, 3.05) is 0 Å². The molecule has 74 valence electrons. The summed E-state index contributed by atoms with van der Waals surface area (Å²) in [5.74, 6) is 0. The van der Waals surface area contributed by atoms with Crippen LogP contribution in [-0.2, 0) is 6.42 Å². The van der Waals surface area contributed by atoms with Crippen molar-refractivity contribution < 1.29 is 0 Å². The molecule has 0 aromatic carbocycles. The fourth-order valence-electron chi connectivity index (χ4n) is 1.72. The number of hydrogen-bond acceptors (Lipinski definition) is 1. The van der Waals surface area contributed by atoms with E-state index in [-0.39, 0.29) is 0 Å². The Balaban J connectivity index is 2.46. The van der Waals surface area contributed by atoms with Gasteiger partial charge in [-0.3, -0.25) is 0 Å². The molecule has 14 heavy (non-hydrogen) atoms. The quantitative estimate of drug-likeness (QED) is 0.672. The van der Waals surface area contributed by atoms with Gasteiger partial charge in [0.15, 0.2) is 0 Å². The zero-order valence-electron chi connectivity index (χ0n) is 8.99. The number of pyridine rings is 1. The molecule has 0 amide bonds.